The highest BCUT2D eigenvalue weighted by molar-refractivity contribution is 7.71. The molecule has 1 unspecified atom stereocenters. The van der Waals surface area contributed by atoms with Crippen LogP contribution in [0.5, 0.6) is 0 Å². The van der Waals surface area contributed by atoms with Gasteiger partial charge in [0.2, 0.25) is 4.77 Å². The topological polar surface area (TPSA) is 39.7 Å². The molecule has 1 fully saturated rings. The summed E-state index contributed by atoms with van der Waals surface area (Å²) < 4.78 is 10.6. The van der Waals surface area contributed by atoms with E-state index in [0.717, 1.165) is 57.3 Å². The van der Waals surface area contributed by atoms with Crippen molar-refractivity contribution in [2.75, 3.05) is 38.3 Å². The molecule has 3 heterocycles. The summed E-state index contributed by atoms with van der Waals surface area (Å²) in [7, 11) is 2.21. The molecule has 146 valence electrons. The maximum atomic E-state index is 5.68. The highest BCUT2D eigenvalue weighted by Crippen LogP contribution is 2.16. The van der Waals surface area contributed by atoms with E-state index in [4.69, 9.17) is 22.1 Å². The molecule has 0 bridgehead atoms. The van der Waals surface area contributed by atoms with Crippen LogP contribution in [0.2, 0.25) is 0 Å². The molecule has 7 heteroatoms. The Morgan fingerprint density at radius 1 is 1.07 bits per heavy atom. The van der Waals surface area contributed by atoms with Gasteiger partial charge in [-0.25, -0.2) is 0 Å². The number of morpholine rings is 1. The van der Waals surface area contributed by atoms with Gasteiger partial charge in [-0.15, -0.1) is 0 Å². The van der Waals surface area contributed by atoms with Crippen molar-refractivity contribution in [2.24, 2.45) is 0 Å². The summed E-state index contributed by atoms with van der Waals surface area (Å²) in [6.07, 6.45) is 4.78. The van der Waals surface area contributed by atoms with Crippen molar-refractivity contribution in [2.45, 2.75) is 45.4 Å². The Bertz CT molecular complexity index is 807. The third-order valence-corrected chi connectivity index (χ3v) is 5.95. The van der Waals surface area contributed by atoms with Gasteiger partial charge in [-0.1, -0.05) is 18.6 Å². The first-order valence-corrected chi connectivity index (χ1v) is 10.5. The molecule has 1 saturated heterocycles. The number of benzene rings is 1. The molecular weight excluding hydrogens is 358 g/mol. The Kier molecular flexibility index (Phi) is 5.90. The number of anilines is 1. The molecule has 27 heavy (non-hydrogen) atoms. The van der Waals surface area contributed by atoms with Gasteiger partial charge >= 0.3 is 0 Å². The van der Waals surface area contributed by atoms with Crippen LogP contribution in [0.4, 0.5) is 5.69 Å². The molecule has 1 atom stereocenters. The summed E-state index contributed by atoms with van der Waals surface area (Å²) in [6.45, 7) is 6.41. The minimum absolute atomic E-state index is 0.810. The zero-order chi connectivity index (χ0) is 18.6. The molecule has 0 aliphatic carbocycles. The molecule has 0 amide bonds. The van der Waals surface area contributed by atoms with Crippen molar-refractivity contribution in [3.63, 3.8) is 0 Å². The van der Waals surface area contributed by atoms with E-state index < -0.39 is 0 Å². The summed E-state index contributed by atoms with van der Waals surface area (Å²) in [5.74, 6) is 1.17. The predicted molar refractivity (Wildman–Crippen MR) is 109 cm³/mol. The Balaban J connectivity index is 1.38. The van der Waals surface area contributed by atoms with Gasteiger partial charge in [0.1, 0.15) is 12.4 Å². The lowest BCUT2D eigenvalue weighted by atomic mass is 10.2. The van der Waals surface area contributed by atoms with Gasteiger partial charge in [-0.3, -0.25) is 0 Å². The van der Waals surface area contributed by atoms with E-state index in [-0.39, 0.29) is 0 Å². The van der Waals surface area contributed by atoms with Gasteiger partial charge in [0.25, 0.3) is 0 Å². The van der Waals surface area contributed by atoms with E-state index in [1.807, 2.05) is 4.68 Å². The third kappa shape index (κ3) is 4.42. The lowest BCUT2D eigenvalue weighted by molar-refractivity contribution is -0.917. The number of quaternary nitrogens is 1. The molecule has 0 spiro atoms. The molecule has 1 N–H and O–H groups in total. The molecule has 6 nitrogen and oxygen atoms in total. The molecule has 2 aliphatic heterocycles. The number of nitrogens with zero attached hydrogens (tertiary/aromatic N) is 4. The van der Waals surface area contributed by atoms with Crippen molar-refractivity contribution >= 4 is 17.9 Å². The number of aryl methyl sites for hydroxylation is 1. The van der Waals surface area contributed by atoms with Crippen LogP contribution in [0.3, 0.4) is 0 Å². The maximum Gasteiger partial charge on any atom is 0.202 e. The highest BCUT2D eigenvalue weighted by Gasteiger charge is 2.16. The lowest BCUT2D eigenvalue weighted by Gasteiger charge is -2.29. The van der Waals surface area contributed by atoms with Gasteiger partial charge in [-0.05, 0) is 37.2 Å². The monoisotopic (exact) mass is 388 g/mol. The second kappa shape index (κ2) is 8.54. The fraction of sp³-hybridized carbons (Fsp3) is 0.600. The van der Waals surface area contributed by atoms with Gasteiger partial charge in [0.05, 0.1) is 20.3 Å². The molecule has 0 saturated carbocycles. The van der Waals surface area contributed by atoms with Gasteiger partial charge in [0.15, 0.2) is 6.67 Å². The standard InChI is InChI=1S/C20H29N5OS/c1-22(16-25-20(27)24-10-4-2-3-5-19(24)21-25)15-17-6-8-18(9-7-17)23-11-13-26-14-12-23/h6-9H,2-5,10-16H2,1H3/p+1. The summed E-state index contributed by atoms with van der Waals surface area (Å²) >= 11 is 5.68. The van der Waals surface area contributed by atoms with E-state index in [1.165, 1.54) is 41.2 Å². The van der Waals surface area contributed by atoms with Gasteiger partial charge < -0.3 is 19.1 Å². The average Bonchev–Trinajstić information content (AvgIpc) is 2.86. The zero-order valence-electron chi connectivity index (χ0n) is 16.2. The van der Waals surface area contributed by atoms with Crippen molar-refractivity contribution in [3.8, 4) is 0 Å². The number of fused-ring (bicyclic) bond motifs is 1. The summed E-state index contributed by atoms with van der Waals surface area (Å²) in [5.41, 5.74) is 2.64. The second-order valence-electron chi connectivity index (χ2n) is 7.72. The molecule has 2 aliphatic rings. The number of hydrogen-bond acceptors (Lipinski definition) is 4. The Morgan fingerprint density at radius 2 is 1.85 bits per heavy atom. The second-order valence-corrected chi connectivity index (χ2v) is 8.08. The number of ether oxygens (including phenoxy) is 1. The average molecular weight is 389 g/mol. The molecule has 1 aromatic heterocycles. The lowest BCUT2D eigenvalue weighted by Crippen LogP contribution is -3.07. The van der Waals surface area contributed by atoms with E-state index in [0.29, 0.717) is 0 Å². The van der Waals surface area contributed by atoms with Crippen LogP contribution in [0.25, 0.3) is 0 Å². The van der Waals surface area contributed by atoms with Crippen molar-refractivity contribution < 1.29 is 9.64 Å². The smallest absolute Gasteiger partial charge is 0.202 e. The summed E-state index contributed by atoms with van der Waals surface area (Å²) in [5, 5.41) is 4.80. The number of nitrogens with one attached hydrogen (secondary N) is 1. The van der Waals surface area contributed by atoms with Crippen molar-refractivity contribution in [1.82, 2.24) is 14.3 Å². The number of aromatic nitrogens is 3. The van der Waals surface area contributed by atoms with Crippen molar-refractivity contribution in [1.29, 1.82) is 0 Å². The fourth-order valence-corrected chi connectivity index (χ4v) is 4.34. The van der Waals surface area contributed by atoms with E-state index in [2.05, 4.69) is 40.8 Å². The minimum Gasteiger partial charge on any atom is -0.378 e. The van der Waals surface area contributed by atoms with Crippen LogP contribution in [0.15, 0.2) is 24.3 Å². The first kappa shape index (κ1) is 18.7. The molecule has 1 aromatic carbocycles. The third-order valence-electron chi connectivity index (χ3n) is 5.52. The predicted octanol–water partition coefficient (Wildman–Crippen LogP) is 1.65. The van der Waals surface area contributed by atoms with Crippen LogP contribution >= 0.6 is 12.2 Å². The first-order chi connectivity index (χ1) is 13.2. The van der Waals surface area contributed by atoms with E-state index >= 15 is 0 Å². The molecular formula is C20H30N5OS+. The van der Waals surface area contributed by atoms with Crippen LogP contribution < -0.4 is 9.80 Å². The van der Waals surface area contributed by atoms with Crippen LogP contribution in [0, 0.1) is 4.77 Å². The molecule has 2 aromatic rings. The molecule has 4 rings (SSSR count). The maximum absolute atomic E-state index is 5.68. The van der Waals surface area contributed by atoms with Gasteiger partial charge in [-0.2, -0.15) is 9.78 Å². The molecule has 0 radical (unpaired) electrons. The summed E-state index contributed by atoms with van der Waals surface area (Å²) in [6, 6.07) is 8.96. The number of rotatable bonds is 5. The highest BCUT2D eigenvalue weighted by atomic mass is 32.1. The van der Waals surface area contributed by atoms with Crippen LogP contribution in [0.1, 0.15) is 30.7 Å². The Labute approximate surface area is 166 Å². The largest absolute Gasteiger partial charge is 0.378 e. The first-order valence-electron chi connectivity index (χ1n) is 10.1. The Hall–Kier alpha value is -1.70. The van der Waals surface area contributed by atoms with Crippen LogP contribution in [-0.4, -0.2) is 47.7 Å². The normalized spacial score (nSPS) is 18.8. The Morgan fingerprint density at radius 3 is 2.63 bits per heavy atom. The quantitative estimate of drug-likeness (QED) is 0.791. The zero-order valence-corrected chi connectivity index (χ0v) is 17.0. The van der Waals surface area contributed by atoms with Crippen LogP contribution in [-0.2, 0) is 30.9 Å². The van der Waals surface area contributed by atoms with E-state index in [1.54, 1.807) is 0 Å². The fourth-order valence-electron chi connectivity index (χ4n) is 4.03. The van der Waals surface area contributed by atoms with Crippen molar-refractivity contribution in [3.05, 3.63) is 40.4 Å². The van der Waals surface area contributed by atoms with E-state index in [9.17, 15) is 0 Å². The minimum atomic E-state index is 0.810. The van der Waals surface area contributed by atoms with Gasteiger partial charge in [0, 0.05) is 37.3 Å². The number of hydrogen-bond donors (Lipinski definition) is 1. The SMILES string of the molecule is C[NH+](Cc1ccc(N2CCOCC2)cc1)Cn1nc2n(c1=S)CCCCC2. The summed E-state index contributed by atoms with van der Waals surface area (Å²) in [4.78, 5) is 3.78.